The van der Waals surface area contributed by atoms with Gasteiger partial charge in [0, 0.05) is 14.5 Å². The minimum atomic E-state index is -0.439. The minimum Gasteiger partial charge on any atom is -0.465 e. The highest BCUT2D eigenvalue weighted by atomic mass is 32.1. The van der Waals surface area contributed by atoms with Crippen molar-refractivity contribution in [1.82, 2.24) is 0 Å². The number of ether oxygens (including phenoxy) is 1. The second-order valence-corrected chi connectivity index (χ2v) is 6.32. The standard InChI is InChI=1S/C14H10FNO2S2/c1-18-14(17)13-9(16)6-12(20-13)11-4-7-2-3-8(15)5-10(7)19-11/h2-6H,16H2,1H3. The molecule has 0 fully saturated rings. The van der Waals surface area contributed by atoms with E-state index < -0.39 is 5.97 Å². The zero-order chi connectivity index (χ0) is 14.3. The molecule has 1 aromatic carbocycles. The number of nitrogens with two attached hydrogens (primary N) is 1. The molecular formula is C14H10FNO2S2. The third-order valence-electron chi connectivity index (χ3n) is 2.86. The van der Waals surface area contributed by atoms with E-state index in [1.54, 1.807) is 12.1 Å². The minimum absolute atomic E-state index is 0.258. The lowest BCUT2D eigenvalue weighted by molar-refractivity contribution is 0.0607. The molecular weight excluding hydrogens is 297 g/mol. The van der Waals surface area contributed by atoms with Crippen LogP contribution in [-0.2, 0) is 4.74 Å². The number of halogens is 1. The molecule has 0 unspecified atom stereocenters. The van der Waals surface area contributed by atoms with E-state index in [1.807, 2.05) is 6.07 Å². The largest absolute Gasteiger partial charge is 0.465 e. The number of hydrogen-bond acceptors (Lipinski definition) is 5. The van der Waals surface area contributed by atoms with Gasteiger partial charge in [0.25, 0.3) is 0 Å². The van der Waals surface area contributed by atoms with Crippen molar-refractivity contribution in [2.24, 2.45) is 0 Å². The lowest BCUT2D eigenvalue weighted by Gasteiger charge is -1.94. The smallest absolute Gasteiger partial charge is 0.350 e. The predicted molar refractivity (Wildman–Crippen MR) is 80.8 cm³/mol. The molecule has 6 heteroatoms. The molecule has 0 aliphatic rings. The topological polar surface area (TPSA) is 52.3 Å². The van der Waals surface area contributed by atoms with E-state index in [0.29, 0.717) is 10.6 Å². The number of benzene rings is 1. The average Bonchev–Trinajstić information content (AvgIpc) is 3.00. The maximum absolute atomic E-state index is 13.2. The molecule has 3 aromatic rings. The summed E-state index contributed by atoms with van der Waals surface area (Å²) in [5, 5.41) is 0.970. The fourth-order valence-corrected chi connectivity index (χ4v) is 4.06. The summed E-state index contributed by atoms with van der Waals surface area (Å²) >= 11 is 2.75. The highest BCUT2D eigenvalue weighted by molar-refractivity contribution is 7.26. The summed E-state index contributed by atoms with van der Waals surface area (Å²) in [6.07, 6.45) is 0. The average molecular weight is 307 g/mol. The number of fused-ring (bicyclic) bond motifs is 1. The van der Waals surface area contributed by atoms with E-state index in [1.165, 1.54) is 41.9 Å². The molecule has 3 rings (SSSR count). The fraction of sp³-hybridized carbons (Fsp3) is 0.0714. The molecule has 102 valence electrons. The Balaban J connectivity index is 2.09. The second kappa shape index (κ2) is 4.88. The Morgan fingerprint density at radius 1 is 1.20 bits per heavy atom. The zero-order valence-electron chi connectivity index (χ0n) is 10.5. The van der Waals surface area contributed by atoms with Crippen LogP contribution in [0.25, 0.3) is 19.8 Å². The number of carbonyl (C=O) groups excluding carboxylic acids is 1. The molecule has 3 nitrogen and oxygen atoms in total. The SMILES string of the molecule is COC(=O)c1sc(-c2cc3ccc(F)cc3s2)cc1N. The second-order valence-electron chi connectivity index (χ2n) is 4.18. The van der Waals surface area contributed by atoms with Crippen LogP contribution < -0.4 is 5.73 Å². The van der Waals surface area contributed by atoms with Gasteiger partial charge in [-0.25, -0.2) is 9.18 Å². The molecule has 20 heavy (non-hydrogen) atoms. The molecule has 2 N–H and O–H groups in total. The van der Waals surface area contributed by atoms with E-state index in [4.69, 9.17) is 5.73 Å². The Labute approximate surface area is 122 Å². The maximum atomic E-state index is 13.2. The van der Waals surface area contributed by atoms with Gasteiger partial charge in [-0.05, 0) is 29.7 Å². The lowest BCUT2D eigenvalue weighted by Crippen LogP contribution is -2.00. The molecule has 2 aromatic heterocycles. The van der Waals surface area contributed by atoms with Crippen LogP contribution >= 0.6 is 22.7 Å². The Morgan fingerprint density at radius 2 is 1.95 bits per heavy atom. The zero-order valence-corrected chi connectivity index (χ0v) is 12.1. The molecule has 0 bridgehead atoms. The van der Waals surface area contributed by atoms with Crippen LogP contribution in [0.15, 0.2) is 30.3 Å². The lowest BCUT2D eigenvalue weighted by atomic mass is 10.2. The fourth-order valence-electron chi connectivity index (χ4n) is 1.91. The Kier molecular flexibility index (Phi) is 3.19. The molecule has 0 atom stereocenters. The van der Waals surface area contributed by atoms with Crippen LogP contribution in [-0.4, -0.2) is 13.1 Å². The summed E-state index contributed by atoms with van der Waals surface area (Å²) < 4.78 is 18.7. The molecule has 0 saturated carbocycles. The van der Waals surface area contributed by atoms with E-state index in [2.05, 4.69) is 4.74 Å². The first-order valence-corrected chi connectivity index (χ1v) is 7.39. The third kappa shape index (κ3) is 2.17. The van der Waals surface area contributed by atoms with Crippen LogP contribution in [0, 0.1) is 5.82 Å². The molecule has 0 radical (unpaired) electrons. The van der Waals surface area contributed by atoms with Crippen LogP contribution in [0.5, 0.6) is 0 Å². The number of hydrogen-bond donors (Lipinski definition) is 1. The van der Waals surface area contributed by atoms with Crippen molar-refractivity contribution in [3.63, 3.8) is 0 Å². The van der Waals surface area contributed by atoms with Gasteiger partial charge in [-0.15, -0.1) is 22.7 Å². The summed E-state index contributed by atoms with van der Waals surface area (Å²) in [5.74, 6) is -0.697. The molecule has 0 spiro atoms. The molecule has 0 amide bonds. The van der Waals surface area contributed by atoms with Gasteiger partial charge in [-0.1, -0.05) is 6.07 Å². The first-order chi connectivity index (χ1) is 9.58. The quantitative estimate of drug-likeness (QED) is 0.724. The van der Waals surface area contributed by atoms with Gasteiger partial charge in [0.2, 0.25) is 0 Å². The summed E-state index contributed by atoms with van der Waals surface area (Å²) in [6, 6.07) is 8.38. The third-order valence-corrected chi connectivity index (χ3v) is 5.28. The Morgan fingerprint density at radius 3 is 2.70 bits per heavy atom. The molecule has 0 aliphatic carbocycles. The van der Waals surface area contributed by atoms with E-state index in [0.717, 1.165) is 19.8 Å². The van der Waals surface area contributed by atoms with Crippen molar-refractivity contribution in [1.29, 1.82) is 0 Å². The number of thiophene rings is 2. The number of anilines is 1. The first-order valence-electron chi connectivity index (χ1n) is 5.75. The van der Waals surface area contributed by atoms with Gasteiger partial charge in [0.1, 0.15) is 10.7 Å². The van der Waals surface area contributed by atoms with Crippen molar-refractivity contribution < 1.29 is 13.9 Å². The highest BCUT2D eigenvalue weighted by Gasteiger charge is 2.17. The van der Waals surface area contributed by atoms with Crippen molar-refractivity contribution in [2.45, 2.75) is 0 Å². The van der Waals surface area contributed by atoms with Gasteiger partial charge in [0.05, 0.1) is 12.8 Å². The van der Waals surface area contributed by atoms with Crippen molar-refractivity contribution in [3.05, 3.63) is 41.0 Å². The normalized spacial score (nSPS) is 10.9. The highest BCUT2D eigenvalue weighted by Crippen LogP contribution is 2.40. The number of carbonyl (C=O) groups is 1. The molecule has 0 saturated heterocycles. The van der Waals surface area contributed by atoms with Crippen LogP contribution in [0.1, 0.15) is 9.67 Å². The summed E-state index contributed by atoms with van der Waals surface area (Å²) in [7, 11) is 1.32. The Hall–Kier alpha value is -1.92. The van der Waals surface area contributed by atoms with Gasteiger partial charge >= 0.3 is 5.97 Å². The van der Waals surface area contributed by atoms with Gasteiger partial charge < -0.3 is 10.5 Å². The number of nitrogen functional groups attached to an aromatic ring is 1. The van der Waals surface area contributed by atoms with Gasteiger partial charge in [0.15, 0.2) is 0 Å². The van der Waals surface area contributed by atoms with E-state index in [-0.39, 0.29) is 5.82 Å². The van der Waals surface area contributed by atoms with Crippen molar-refractivity contribution in [2.75, 3.05) is 12.8 Å². The van der Waals surface area contributed by atoms with Crippen LogP contribution in [0.4, 0.5) is 10.1 Å². The van der Waals surface area contributed by atoms with Crippen LogP contribution in [0.2, 0.25) is 0 Å². The molecule has 2 heterocycles. The molecule has 0 aliphatic heterocycles. The Bertz CT molecular complexity index is 807. The number of rotatable bonds is 2. The van der Waals surface area contributed by atoms with Gasteiger partial charge in [-0.2, -0.15) is 0 Å². The summed E-state index contributed by atoms with van der Waals surface area (Å²) in [6.45, 7) is 0. The van der Waals surface area contributed by atoms with Crippen molar-refractivity contribution in [3.8, 4) is 9.75 Å². The number of esters is 1. The summed E-state index contributed by atoms with van der Waals surface area (Å²) in [5.41, 5.74) is 6.23. The van der Waals surface area contributed by atoms with Gasteiger partial charge in [-0.3, -0.25) is 0 Å². The van der Waals surface area contributed by atoms with Crippen LogP contribution in [0.3, 0.4) is 0 Å². The van der Waals surface area contributed by atoms with Crippen molar-refractivity contribution >= 4 is 44.4 Å². The van der Waals surface area contributed by atoms with E-state index >= 15 is 0 Å². The van der Waals surface area contributed by atoms with E-state index in [9.17, 15) is 9.18 Å². The monoisotopic (exact) mass is 307 g/mol. The first kappa shape index (κ1) is 13.1. The maximum Gasteiger partial charge on any atom is 0.350 e. The predicted octanol–water partition coefficient (Wildman–Crippen LogP) is 4.14. The summed E-state index contributed by atoms with van der Waals surface area (Å²) in [4.78, 5) is 13.8. The number of methoxy groups -OCH3 is 1.